The highest BCUT2D eigenvalue weighted by Gasteiger charge is 2.31. The van der Waals surface area contributed by atoms with Crippen LogP contribution < -0.4 is 21.1 Å². The summed E-state index contributed by atoms with van der Waals surface area (Å²) in [5.74, 6) is 0.822. The van der Waals surface area contributed by atoms with E-state index in [1.807, 2.05) is 6.92 Å². The molecule has 0 bridgehead atoms. The van der Waals surface area contributed by atoms with E-state index in [2.05, 4.69) is 15.0 Å². The van der Waals surface area contributed by atoms with E-state index >= 15 is 0 Å². The molecule has 0 radical (unpaired) electrons. The summed E-state index contributed by atoms with van der Waals surface area (Å²) in [5, 5.41) is 1.64. The summed E-state index contributed by atoms with van der Waals surface area (Å²) in [7, 11) is 1.67. The number of nitrogens with zero attached hydrogens (tertiary/aromatic N) is 5. The molecule has 2 aliphatic heterocycles. The molecular weight excluding hydrogens is 385 g/mol. The molecule has 0 saturated heterocycles. The van der Waals surface area contributed by atoms with Crippen LogP contribution in [0.3, 0.4) is 0 Å². The maximum Gasteiger partial charge on any atom is 0.444 e. The van der Waals surface area contributed by atoms with Crippen LogP contribution in [0.2, 0.25) is 15.1 Å². The third kappa shape index (κ3) is 2.51. The number of halogens is 3. The molecule has 2 aromatic rings. The van der Waals surface area contributed by atoms with Gasteiger partial charge in [-0.2, -0.15) is 4.57 Å². The fourth-order valence-electron chi connectivity index (χ4n) is 2.99. The maximum atomic E-state index is 12.6. The SMILES string of the molecule is CCC1Cn2c(c3c([n+](C)c2=O)N=C(c2cc(Cl)cc(Cl)c2Cl)N=3)=N1. The second-order valence-corrected chi connectivity index (χ2v) is 7.16. The van der Waals surface area contributed by atoms with E-state index in [1.165, 1.54) is 4.57 Å². The van der Waals surface area contributed by atoms with Crippen LogP contribution in [0.4, 0.5) is 5.82 Å². The van der Waals surface area contributed by atoms with E-state index in [0.29, 0.717) is 49.7 Å². The summed E-state index contributed by atoms with van der Waals surface area (Å²) < 4.78 is 3.12. The van der Waals surface area contributed by atoms with E-state index in [-0.39, 0.29) is 11.7 Å². The number of rotatable bonds is 2. The predicted molar refractivity (Wildman–Crippen MR) is 95.9 cm³/mol. The molecule has 3 heterocycles. The minimum absolute atomic E-state index is 0.0719. The van der Waals surface area contributed by atoms with Gasteiger partial charge < -0.3 is 0 Å². The van der Waals surface area contributed by atoms with Gasteiger partial charge in [-0.15, -0.1) is 0 Å². The zero-order chi connectivity index (χ0) is 17.9. The molecule has 0 spiro atoms. The van der Waals surface area contributed by atoms with Gasteiger partial charge >= 0.3 is 5.69 Å². The summed E-state index contributed by atoms with van der Waals surface area (Å²) in [4.78, 5) is 26.3. The van der Waals surface area contributed by atoms with Gasteiger partial charge in [-0.25, -0.2) is 19.3 Å². The van der Waals surface area contributed by atoms with Crippen LogP contribution in [0.5, 0.6) is 0 Å². The van der Waals surface area contributed by atoms with E-state index < -0.39 is 0 Å². The van der Waals surface area contributed by atoms with Gasteiger partial charge in [0, 0.05) is 5.02 Å². The molecular formula is C16H13Cl3N5O+. The molecule has 9 heteroatoms. The van der Waals surface area contributed by atoms with Crippen molar-refractivity contribution in [3.05, 3.63) is 54.1 Å². The van der Waals surface area contributed by atoms with Gasteiger partial charge in [-0.05, 0) is 18.6 Å². The molecule has 1 atom stereocenters. The zero-order valence-electron chi connectivity index (χ0n) is 13.4. The Morgan fingerprint density at radius 2 is 2.04 bits per heavy atom. The van der Waals surface area contributed by atoms with Gasteiger partial charge in [0.1, 0.15) is 0 Å². The number of aliphatic imine (C=N–C) groups is 1. The highest BCUT2D eigenvalue weighted by Crippen LogP contribution is 2.31. The van der Waals surface area contributed by atoms with Crippen molar-refractivity contribution in [2.24, 2.45) is 22.0 Å². The number of hydrogen-bond donors (Lipinski definition) is 0. The van der Waals surface area contributed by atoms with Crippen molar-refractivity contribution < 1.29 is 4.57 Å². The van der Waals surface area contributed by atoms with Crippen molar-refractivity contribution in [3.8, 4) is 0 Å². The van der Waals surface area contributed by atoms with Crippen LogP contribution in [0, 0.1) is 0 Å². The fourth-order valence-corrected chi connectivity index (χ4v) is 3.67. The Bertz CT molecular complexity index is 1140. The molecule has 0 saturated carbocycles. The van der Waals surface area contributed by atoms with Crippen LogP contribution in [-0.4, -0.2) is 16.4 Å². The van der Waals surface area contributed by atoms with Crippen molar-refractivity contribution in [2.75, 3.05) is 0 Å². The highest BCUT2D eigenvalue weighted by atomic mass is 35.5. The predicted octanol–water partition coefficient (Wildman–Crippen LogP) is 1.76. The Kier molecular flexibility index (Phi) is 3.94. The molecule has 1 aromatic carbocycles. The minimum Gasteiger partial charge on any atom is -0.246 e. The lowest BCUT2D eigenvalue weighted by molar-refractivity contribution is -0.678. The molecule has 1 aromatic heterocycles. The normalized spacial score (nSPS) is 17.6. The molecule has 2 aliphatic rings. The van der Waals surface area contributed by atoms with Crippen LogP contribution >= 0.6 is 34.8 Å². The number of amidine groups is 1. The van der Waals surface area contributed by atoms with E-state index in [0.717, 1.165) is 6.42 Å². The molecule has 0 aliphatic carbocycles. The molecule has 0 fully saturated rings. The van der Waals surface area contributed by atoms with Crippen molar-refractivity contribution in [3.63, 3.8) is 0 Å². The summed E-state index contributed by atoms with van der Waals surface area (Å²) in [6, 6.07) is 3.28. The molecule has 1 unspecified atom stereocenters. The van der Waals surface area contributed by atoms with Crippen molar-refractivity contribution in [1.29, 1.82) is 0 Å². The summed E-state index contributed by atoms with van der Waals surface area (Å²) >= 11 is 18.5. The van der Waals surface area contributed by atoms with Crippen molar-refractivity contribution >= 4 is 46.5 Å². The van der Waals surface area contributed by atoms with E-state index in [4.69, 9.17) is 34.8 Å². The largest absolute Gasteiger partial charge is 0.444 e. The Balaban J connectivity index is 2.00. The molecule has 0 N–H and O–H groups in total. The molecule has 128 valence electrons. The summed E-state index contributed by atoms with van der Waals surface area (Å²) in [6.07, 6.45) is 0.850. The number of hydrogen-bond acceptors (Lipinski definition) is 4. The first kappa shape index (κ1) is 16.7. The zero-order valence-corrected chi connectivity index (χ0v) is 15.7. The number of benzene rings is 1. The second-order valence-electron chi connectivity index (χ2n) is 5.94. The van der Waals surface area contributed by atoms with Crippen molar-refractivity contribution in [2.45, 2.75) is 25.9 Å². The molecule has 0 amide bonds. The Morgan fingerprint density at radius 3 is 2.76 bits per heavy atom. The van der Waals surface area contributed by atoms with Crippen molar-refractivity contribution in [1.82, 2.24) is 4.57 Å². The first-order valence-corrected chi connectivity index (χ1v) is 8.87. The topological polar surface area (TPSA) is 63.0 Å². The second kappa shape index (κ2) is 5.90. The summed E-state index contributed by atoms with van der Waals surface area (Å²) in [5.41, 5.74) is 0.920. The standard InChI is InChI=1S/C16H13Cl3N5O/c1-3-8-6-24-15(20-8)12-14(23(2)16(24)25)22-13(21-12)9-4-7(17)5-10(18)11(9)19/h4-5,8H,3,6H2,1-2H3/q+1. The van der Waals surface area contributed by atoms with Gasteiger partial charge in [0.2, 0.25) is 16.7 Å². The average Bonchev–Trinajstić information content (AvgIpc) is 3.20. The maximum absolute atomic E-state index is 12.6. The first-order valence-electron chi connectivity index (χ1n) is 7.73. The Hall–Kier alpha value is -1.76. The van der Waals surface area contributed by atoms with Crippen LogP contribution in [0.25, 0.3) is 0 Å². The van der Waals surface area contributed by atoms with Gasteiger partial charge in [0.05, 0.1) is 35.2 Å². The van der Waals surface area contributed by atoms with Crippen LogP contribution in [0.15, 0.2) is 31.9 Å². The van der Waals surface area contributed by atoms with Gasteiger partial charge in [-0.1, -0.05) is 46.7 Å². The Labute approximate surface area is 157 Å². The van der Waals surface area contributed by atoms with E-state index in [9.17, 15) is 4.79 Å². The lowest BCUT2D eigenvalue weighted by atomic mass is 10.2. The van der Waals surface area contributed by atoms with Gasteiger partial charge in [0.15, 0.2) is 0 Å². The minimum atomic E-state index is -0.163. The number of aromatic nitrogens is 2. The van der Waals surface area contributed by atoms with Crippen LogP contribution in [0.1, 0.15) is 18.9 Å². The monoisotopic (exact) mass is 396 g/mol. The van der Waals surface area contributed by atoms with E-state index in [1.54, 1.807) is 23.7 Å². The molecule has 6 nitrogen and oxygen atoms in total. The van der Waals surface area contributed by atoms with Gasteiger partial charge in [-0.3, -0.25) is 0 Å². The fraction of sp³-hybridized carbons (Fsp3) is 0.312. The third-order valence-electron chi connectivity index (χ3n) is 4.35. The van der Waals surface area contributed by atoms with Gasteiger partial charge in [0.25, 0.3) is 5.82 Å². The first-order chi connectivity index (χ1) is 11.9. The highest BCUT2D eigenvalue weighted by molar-refractivity contribution is 6.45. The average molecular weight is 398 g/mol. The summed E-state index contributed by atoms with van der Waals surface area (Å²) in [6.45, 7) is 2.60. The molecule has 25 heavy (non-hydrogen) atoms. The quantitative estimate of drug-likeness (QED) is 0.562. The Morgan fingerprint density at radius 1 is 1.28 bits per heavy atom. The molecule has 4 rings (SSSR count). The number of fused-ring (bicyclic) bond motifs is 3. The smallest absolute Gasteiger partial charge is 0.246 e. The van der Waals surface area contributed by atoms with Crippen LogP contribution in [-0.2, 0) is 13.6 Å². The lowest BCUT2D eigenvalue weighted by Gasteiger charge is -2.02. The lowest BCUT2D eigenvalue weighted by Crippen LogP contribution is -2.59. The third-order valence-corrected chi connectivity index (χ3v) is 5.37.